The van der Waals surface area contributed by atoms with Crippen LogP contribution in [0, 0.1) is 5.92 Å². The summed E-state index contributed by atoms with van der Waals surface area (Å²) >= 11 is 0. The molecular weight excluding hydrogens is 344 g/mol. The first kappa shape index (κ1) is 19.2. The minimum absolute atomic E-state index is 0.155. The summed E-state index contributed by atoms with van der Waals surface area (Å²) in [5, 5.41) is 0. The van der Waals surface area contributed by atoms with Gasteiger partial charge in [0.2, 0.25) is 5.91 Å². The van der Waals surface area contributed by atoms with Crippen LogP contribution in [0.2, 0.25) is 0 Å². The van der Waals surface area contributed by atoms with Gasteiger partial charge in [0.1, 0.15) is 0 Å². The van der Waals surface area contributed by atoms with Gasteiger partial charge >= 0.3 is 0 Å². The maximum Gasteiger partial charge on any atom is 0.217 e. The van der Waals surface area contributed by atoms with E-state index in [9.17, 15) is 4.79 Å². The molecule has 2 aromatic carbocycles. The van der Waals surface area contributed by atoms with Gasteiger partial charge < -0.3 is 10.6 Å². The number of nitrogens with two attached hydrogens (primary N) is 1. The minimum Gasteiger partial charge on any atom is -0.370 e. The Bertz CT molecular complexity index is 735. The van der Waals surface area contributed by atoms with Crippen molar-refractivity contribution in [2.24, 2.45) is 11.7 Å². The smallest absolute Gasteiger partial charge is 0.217 e. The standard InChI is InChI=1S/C25H32N2O/c1-27-22-12-13-23(27)17-19(16-22)18-25(15-14-24(26)28,20-8-4-2-5-9-20)21-10-6-3-7-11-21/h2-11,19,22-23H,12-18H2,1H3,(H2,26,28). The summed E-state index contributed by atoms with van der Waals surface area (Å²) in [7, 11) is 2.30. The summed E-state index contributed by atoms with van der Waals surface area (Å²) in [4.78, 5) is 14.4. The lowest BCUT2D eigenvalue weighted by molar-refractivity contribution is -0.118. The van der Waals surface area contributed by atoms with E-state index >= 15 is 0 Å². The largest absolute Gasteiger partial charge is 0.370 e. The maximum atomic E-state index is 11.8. The number of carbonyl (C=O) groups is 1. The van der Waals surface area contributed by atoms with Crippen molar-refractivity contribution >= 4 is 5.91 Å². The highest BCUT2D eigenvalue weighted by Crippen LogP contribution is 2.47. The fourth-order valence-corrected chi connectivity index (χ4v) is 5.83. The number of amides is 1. The number of primary amides is 1. The molecule has 3 heteroatoms. The molecule has 2 aliphatic heterocycles. The number of hydrogen-bond donors (Lipinski definition) is 1. The Morgan fingerprint density at radius 2 is 1.46 bits per heavy atom. The van der Waals surface area contributed by atoms with Crippen molar-refractivity contribution in [3.8, 4) is 0 Å². The molecule has 2 heterocycles. The van der Waals surface area contributed by atoms with Crippen molar-refractivity contribution < 1.29 is 4.79 Å². The lowest BCUT2D eigenvalue weighted by Crippen LogP contribution is -2.42. The van der Waals surface area contributed by atoms with E-state index in [-0.39, 0.29) is 11.3 Å². The molecule has 28 heavy (non-hydrogen) atoms. The second-order valence-corrected chi connectivity index (χ2v) is 8.87. The van der Waals surface area contributed by atoms with Crippen LogP contribution in [0.3, 0.4) is 0 Å². The fourth-order valence-electron chi connectivity index (χ4n) is 5.83. The van der Waals surface area contributed by atoms with Crippen molar-refractivity contribution in [1.29, 1.82) is 0 Å². The average molecular weight is 377 g/mol. The minimum atomic E-state index is -0.209. The summed E-state index contributed by atoms with van der Waals surface area (Å²) in [5.74, 6) is 0.474. The molecule has 2 fully saturated rings. The highest BCUT2D eigenvalue weighted by atomic mass is 16.1. The molecule has 0 aromatic heterocycles. The number of rotatable bonds is 7. The fraction of sp³-hybridized carbons (Fsp3) is 0.480. The summed E-state index contributed by atoms with van der Waals surface area (Å²) in [6, 6.07) is 23.0. The Hall–Kier alpha value is -2.13. The lowest BCUT2D eigenvalue weighted by atomic mass is 9.64. The van der Waals surface area contributed by atoms with E-state index in [0.29, 0.717) is 12.3 Å². The van der Waals surface area contributed by atoms with Crippen LogP contribution in [0.15, 0.2) is 60.7 Å². The molecule has 0 radical (unpaired) electrons. The number of carbonyl (C=O) groups excluding carboxylic acids is 1. The van der Waals surface area contributed by atoms with Gasteiger partial charge in [-0.05, 0) is 62.6 Å². The normalized spacial score (nSPS) is 25.0. The highest BCUT2D eigenvalue weighted by molar-refractivity contribution is 5.74. The van der Waals surface area contributed by atoms with Crippen molar-refractivity contribution in [3.63, 3.8) is 0 Å². The molecule has 0 saturated carbocycles. The Morgan fingerprint density at radius 3 is 1.93 bits per heavy atom. The van der Waals surface area contributed by atoms with Gasteiger partial charge in [0.15, 0.2) is 0 Å². The topological polar surface area (TPSA) is 46.3 Å². The Kier molecular flexibility index (Phi) is 5.54. The monoisotopic (exact) mass is 376 g/mol. The summed E-state index contributed by atoms with van der Waals surface area (Å²) in [6.07, 6.45) is 7.50. The van der Waals surface area contributed by atoms with Crippen LogP contribution in [-0.2, 0) is 10.2 Å². The van der Waals surface area contributed by atoms with Crippen molar-refractivity contribution in [2.75, 3.05) is 7.05 Å². The van der Waals surface area contributed by atoms with Crippen LogP contribution < -0.4 is 5.73 Å². The molecule has 3 nitrogen and oxygen atoms in total. The van der Waals surface area contributed by atoms with Crippen molar-refractivity contribution in [3.05, 3.63) is 71.8 Å². The summed E-state index contributed by atoms with van der Waals surface area (Å²) < 4.78 is 0. The summed E-state index contributed by atoms with van der Waals surface area (Å²) in [5.41, 5.74) is 8.09. The van der Waals surface area contributed by atoms with Crippen molar-refractivity contribution in [1.82, 2.24) is 4.90 Å². The Morgan fingerprint density at radius 1 is 0.964 bits per heavy atom. The third-order valence-corrected chi connectivity index (χ3v) is 7.28. The quantitative estimate of drug-likeness (QED) is 0.773. The number of hydrogen-bond acceptors (Lipinski definition) is 2. The molecule has 2 aromatic rings. The first-order chi connectivity index (χ1) is 13.6. The molecule has 2 unspecified atom stereocenters. The SMILES string of the molecule is CN1C2CCC1CC(CC(CCC(N)=O)(c1ccccc1)c1ccccc1)C2. The molecule has 1 amide bonds. The Balaban J connectivity index is 1.72. The van der Waals surface area contributed by atoms with E-state index in [0.717, 1.165) is 24.9 Å². The molecule has 2 N–H and O–H groups in total. The zero-order valence-electron chi connectivity index (χ0n) is 16.9. The molecule has 2 bridgehead atoms. The van der Waals surface area contributed by atoms with Gasteiger partial charge in [-0.1, -0.05) is 60.7 Å². The molecule has 2 atom stereocenters. The second-order valence-electron chi connectivity index (χ2n) is 8.87. The Labute approximate surface area is 168 Å². The third kappa shape index (κ3) is 3.73. The maximum absolute atomic E-state index is 11.8. The van der Waals surface area contributed by atoms with E-state index in [1.807, 2.05) is 0 Å². The van der Waals surface area contributed by atoms with Crippen LogP contribution in [-0.4, -0.2) is 29.9 Å². The van der Waals surface area contributed by atoms with E-state index in [1.165, 1.54) is 36.8 Å². The molecule has 2 saturated heterocycles. The van der Waals surface area contributed by atoms with Gasteiger partial charge in [0.05, 0.1) is 0 Å². The summed E-state index contributed by atoms with van der Waals surface area (Å²) in [6.45, 7) is 0. The van der Waals surface area contributed by atoms with E-state index < -0.39 is 0 Å². The van der Waals surface area contributed by atoms with Crippen LogP contribution in [0.1, 0.15) is 56.1 Å². The highest BCUT2D eigenvalue weighted by Gasteiger charge is 2.43. The van der Waals surface area contributed by atoms with Gasteiger partial charge in [0, 0.05) is 23.9 Å². The molecule has 0 spiro atoms. The van der Waals surface area contributed by atoms with Gasteiger partial charge in [-0.15, -0.1) is 0 Å². The third-order valence-electron chi connectivity index (χ3n) is 7.28. The zero-order chi connectivity index (χ0) is 19.6. The molecule has 0 aliphatic carbocycles. The second kappa shape index (κ2) is 8.08. The van der Waals surface area contributed by atoms with E-state index in [4.69, 9.17) is 5.73 Å². The van der Waals surface area contributed by atoms with Crippen molar-refractivity contribution in [2.45, 2.75) is 62.4 Å². The van der Waals surface area contributed by atoms with Crippen LogP contribution in [0.25, 0.3) is 0 Å². The van der Waals surface area contributed by atoms with E-state index in [1.54, 1.807) is 0 Å². The average Bonchev–Trinajstić information content (AvgIpc) is 2.93. The number of piperidine rings is 1. The number of fused-ring (bicyclic) bond motifs is 2. The first-order valence-corrected chi connectivity index (χ1v) is 10.7. The predicted molar refractivity (Wildman–Crippen MR) is 114 cm³/mol. The van der Waals surface area contributed by atoms with Crippen LogP contribution in [0.4, 0.5) is 0 Å². The molecule has 4 rings (SSSR count). The number of nitrogens with zero attached hydrogens (tertiary/aromatic N) is 1. The van der Waals surface area contributed by atoms with Crippen LogP contribution in [0.5, 0.6) is 0 Å². The van der Waals surface area contributed by atoms with Crippen LogP contribution >= 0.6 is 0 Å². The zero-order valence-corrected chi connectivity index (χ0v) is 16.9. The van der Waals surface area contributed by atoms with Gasteiger partial charge in [-0.25, -0.2) is 0 Å². The van der Waals surface area contributed by atoms with Gasteiger partial charge in [-0.3, -0.25) is 4.79 Å². The van der Waals surface area contributed by atoms with E-state index in [2.05, 4.69) is 72.6 Å². The molecule has 2 aliphatic rings. The predicted octanol–water partition coefficient (Wildman–Crippen LogP) is 4.50. The lowest BCUT2D eigenvalue weighted by Gasteiger charge is -2.43. The van der Waals surface area contributed by atoms with Gasteiger partial charge in [0.25, 0.3) is 0 Å². The molecule has 148 valence electrons. The van der Waals surface area contributed by atoms with Gasteiger partial charge in [-0.2, -0.15) is 0 Å². The number of benzene rings is 2. The first-order valence-electron chi connectivity index (χ1n) is 10.7. The molecular formula is C25H32N2O.